The minimum atomic E-state index is -1.11. The Morgan fingerprint density at radius 2 is 1.59 bits per heavy atom. The first-order chi connectivity index (χ1) is 14.8. The van der Waals surface area contributed by atoms with Gasteiger partial charge in [-0.25, -0.2) is 0 Å². The zero-order valence-electron chi connectivity index (χ0n) is 20.6. The van der Waals surface area contributed by atoms with Gasteiger partial charge in [-0.1, -0.05) is 75.3 Å². The minimum absolute atomic E-state index is 0. The SMILES string of the molecule is CC1=C2C3=CN=CC3=C1[Si]2(C)C.Cc1cc2c(-c3ccc(C(C)C)cc3)cccc2[cH-]1.[Cl-].[Cl-].[Zr+3]. The van der Waals surface area contributed by atoms with Crippen LogP contribution in [0.25, 0.3) is 21.9 Å². The Hall–Kier alpha value is -1.38. The summed E-state index contributed by atoms with van der Waals surface area (Å²) in [6, 6.07) is 20.1. The molecule has 3 aliphatic heterocycles. The molecule has 1 aliphatic carbocycles. The molecule has 0 saturated heterocycles. The smallest absolute Gasteiger partial charge is 1.00 e. The number of hydrogen-bond acceptors (Lipinski definition) is 1. The zero-order valence-corrected chi connectivity index (χ0v) is 25.6. The number of rotatable bonds is 2. The number of fused-ring (bicyclic) bond motifs is 1. The Morgan fingerprint density at radius 3 is 2.18 bits per heavy atom. The molecule has 7 rings (SSSR count). The maximum Gasteiger partial charge on any atom is 3.00 e. The molecule has 3 aromatic carbocycles. The van der Waals surface area contributed by atoms with Gasteiger partial charge in [-0.15, -0.1) is 34.5 Å². The topological polar surface area (TPSA) is 12.4 Å². The van der Waals surface area contributed by atoms with Crippen LogP contribution >= 0.6 is 0 Å². The summed E-state index contributed by atoms with van der Waals surface area (Å²) in [5.74, 6) is 0.589. The first-order valence-electron chi connectivity index (χ1n) is 11.3. The van der Waals surface area contributed by atoms with E-state index in [0.717, 1.165) is 0 Å². The van der Waals surface area contributed by atoms with Gasteiger partial charge < -0.3 is 24.8 Å². The van der Waals surface area contributed by atoms with Crippen LogP contribution in [0.1, 0.15) is 37.8 Å². The number of hydrogen-bond donors (Lipinski definition) is 0. The van der Waals surface area contributed by atoms with Crippen LogP contribution in [0, 0.1) is 6.92 Å². The van der Waals surface area contributed by atoms with Gasteiger partial charge in [0.1, 0.15) is 8.07 Å². The summed E-state index contributed by atoms with van der Waals surface area (Å²) in [5, 5.41) is 6.01. The Kier molecular flexibility index (Phi) is 9.09. The Labute approximate surface area is 236 Å². The molecule has 0 spiro atoms. The summed E-state index contributed by atoms with van der Waals surface area (Å²) in [6.45, 7) is 13.7. The third-order valence-corrected chi connectivity index (χ3v) is 10.8. The average molecular weight is 583 g/mol. The average Bonchev–Trinajstić information content (AvgIpc) is 3.44. The van der Waals surface area contributed by atoms with Gasteiger partial charge in [-0.3, -0.25) is 4.99 Å². The van der Waals surface area contributed by atoms with E-state index < -0.39 is 8.07 Å². The second-order valence-corrected chi connectivity index (χ2v) is 14.1. The summed E-state index contributed by atoms with van der Waals surface area (Å²) in [6.07, 6.45) is 4.06. The Balaban J connectivity index is 0.000000238. The van der Waals surface area contributed by atoms with Crippen molar-refractivity contribution in [3.8, 4) is 11.1 Å². The van der Waals surface area contributed by atoms with Gasteiger partial charge in [-0.2, -0.15) is 6.07 Å². The quantitative estimate of drug-likeness (QED) is 0.324. The summed E-state index contributed by atoms with van der Waals surface area (Å²) in [4.78, 5) is 4.19. The number of nitrogens with zero attached hydrogens (tertiary/aromatic N) is 1. The van der Waals surface area contributed by atoms with Crippen molar-refractivity contribution in [2.24, 2.45) is 4.99 Å². The molecule has 34 heavy (non-hydrogen) atoms. The molecule has 0 saturated carbocycles. The van der Waals surface area contributed by atoms with Crippen LogP contribution in [-0.2, 0) is 26.2 Å². The minimum Gasteiger partial charge on any atom is -1.00 e. The number of halogens is 2. The summed E-state index contributed by atoms with van der Waals surface area (Å²) < 4.78 is 0. The molecule has 0 fully saturated rings. The molecule has 0 amide bonds. The molecule has 0 atom stereocenters. The maximum atomic E-state index is 4.19. The number of aliphatic imine (C=N–C) groups is 1. The number of aryl methyl sites for hydroxylation is 1. The van der Waals surface area contributed by atoms with Crippen molar-refractivity contribution in [1.29, 1.82) is 0 Å². The molecule has 5 heteroatoms. The summed E-state index contributed by atoms with van der Waals surface area (Å²) in [5.41, 5.74) is 9.81. The van der Waals surface area contributed by atoms with Gasteiger partial charge in [0.15, 0.2) is 0 Å². The van der Waals surface area contributed by atoms with E-state index in [0.29, 0.717) is 5.92 Å². The second-order valence-electron chi connectivity index (χ2n) is 9.85. The van der Waals surface area contributed by atoms with Crippen molar-refractivity contribution in [3.63, 3.8) is 0 Å². The fourth-order valence-electron chi connectivity index (χ4n) is 5.61. The maximum absolute atomic E-state index is 4.19. The van der Waals surface area contributed by atoms with Crippen LogP contribution in [-0.4, -0.2) is 14.3 Å². The van der Waals surface area contributed by atoms with E-state index in [9.17, 15) is 0 Å². The van der Waals surface area contributed by atoms with E-state index in [1.54, 1.807) is 16.0 Å². The van der Waals surface area contributed by atoms with Crippen molar-refractivity contribution >= 4 is 25.1 Å². The third kappa shape index (κ3) is 4.58. The third-order valence-electron chi connectivity index (χ3n) is 7.02. The monoisotopic (exact) mass is 580 g/mol. The predicted molar refractivity (Wildman–Crippen MR) is 138 cm³/mol. The van der Waals surface area contributed by atoms with Gasteiger partial charge >= 0.3 is 26.2 Å². The van der Waals surface area contributed by atoms with E-state index in [1.807, 2.05) is 12.4 Å². The molecule has 4 aliphatic rings. The van der Waals surface area contributed by atoms with Crippen LogP contribution in [0.4, 0.5) is 0 Å². The molecular weight excluding hydrogens is 553 g/mol. The molecule has 3 heterocycles. The molecule has 0 aromatic heterocycles. The van der Waals surface area contributed by atoms with Crippen LogP contribution in [0.15, 0.2) is 92.9 Å². The van der Waals surface area contributed by atoms with E-state index in [-0.39, 0.29) is 51.0 Å². The van der Waals surface area contributed by atoms with Crippen molar-refractivity contribution in [2.45, 2.75) is 46.7 Å². The fourth-order valence-corrected chi connectivity index (χ4v) is 9.54. The normalized spacial score (nSPS) is 16.1. The first-order valence-corrected chi connectivity index (χ1v) is 14.3. The molecule has 0 N–H and O–H groups in total. The molecule has 173 valence electrons. The summed E-state index contributed by atoms with van der Waals surface area (Å²) in [7, 11) is -1.11. The van der Waals surface area contributed by atoms with Crippen molar-refractivity contribution in [1.82, 2.24) is 0 Å². The van der Waals surface area contributed by atoms with E-state index >= 15 is 0 Å². The summed E-state index contributed by atoms with van der Waals surface area (Å²) >= 11 is 0. The van der Waals surface area contributed by atoms with Crippen LogP contribution < -0.4 is 24.8 Å². The van der Waals surface area contributed by atoms with E-state index in [1.165, 1.54) is 44.2 Å². The van der Waals surface area contributed by atoms with Gasteiger partial charge in [0.05, 0.1) is 0 Å². The molecule has 2 bridgehead atoms. The number of benzene rings is 2. The largest absolute Gasteiger partial charge is 3.00 e. The van der Waals surface area contributed by atoms with Gasteiger partial charge in [-0.05, 0) is 34.4 Å². The number of allylic oxidation sites excluding steroid dienone is 5. The molecule has 3 aromatic rings. The zero-order chi connectivity index (χ0) is 21.9. The standard InChI is InChI=1S/C19H19.C10H11NSi.2ClH.Zr/c1-13(2)15-7-9-16(10-8-15)18-6-4-5-17-11-14(3)12-19(17)18;1-6-9-7-4-11-5-8(7)10(6)12(9,2)3;;;/h4-13H,1-3H3;4-5H,1-3H3;2*1H;/q-1;;;;+3/p-2. The molecule has 0 unspecified atom stereocenters. The molecule has 1 radical (unpaired) electrons. The molecule has 1 nitrogen and oxygen atoms in total. The van der Waals surface area contributed by atoms with Crippen molar-refractivity contribution in [3.05, 3.63) is 99.0 Å². The van der Waals surface area contributed by atoms with Gasteiger partial charge in [0.2, 0.25) is 0 Å². The van der Waals surface area contributed by atoms with Crippen LogP contribution in [0.2, 0.25) is 13.1 Å². The van der Waals surface area contributed by atoms with Crippen molar-refractivity contribution in [2.75, 3.05) is 0 Å². The Morgan fingerprint density at radius 1 is 0.912 bits per heavy atom. The van der Waals surface area contributed by atoms with Crippen LogP contribution in [0.5, 0.6) is 0 Å². The second kappa shape index (κ2) is 10.7. The molecular formula is C29H30Cl2NSiZr. The van der Waals surface area contributed by atoms with Crippen molar-refractivity contribution < 1.29 is 51.0 Å². The van der Waals surface area contributed by atoms with Gasteiger partial charge in [0, 0.05) is 23.6 Å². The predicted octanol–water partition coefficient (Wildman–Crippen LogP) is 2.04. The fraction of sp³-hybridized carbons (Fsp3) is 0.241. The van der Waals surface area contributed by atoms with E-state index in [2.05, 4.69) is 100 Å². The van der Waals surface area contributed by atoms with Crippen LogP contribution in [0.3, 0.4) is 0 Å². The van der Waals surface area contributed by atoms with E-state index in [4.69, 9.17) is 0 Å². The van der Waals surface area contributed by atoms with Gasteiger partial charge in [0.25, 0.3) is 0 Å². The first kappa shape index (κ1) is 28.9. The Bertz CT molecular complexity index is 1340.